The molecule has 0 N–H and O–H groups in total. The molecule has 0 amide bonds. The summed E-state index contributed by atoms with van der Waals surface area (Å²) in [4.78, 5) is 0. The topological polar surface area (TPSA) is 9.23 Å². The third-order valence-electron chi connectivity index (χ3n) is 2.68. The molecular formula is C15H22O. The van der Waals surface area contributed by atoms with Crippen molar-refractivity contribution in [3.05, 3.63) is 42.0 Å². The van der Waals surface area contributed by atoms with Crippen molar-refractivity contribution >= 4 is 0 Å². The van der Waals surface area contributed by atoms with Crippen LogP contribution in [0.25, 0.3) is 0 Å². The molecule has 88 valence electrons. The maximum Gasteiger partial charge on any atom is 0.123 e. The van der Waals surface area contributed by atoms with E-state index in [0.717, 1.165) is 5.75 Å². The summed E-state index contributed by atoms with van der Waals surface area (Å²) in [6.07, 6.45) is 1.78. The third-order valence-corrected chi connectivity index (χ3v) is 2.68. The molecule has 0 saturated carbocycles. The second kappa shape index (κ2) is 5.74. The minimum atomic E-state index is 0.485. The molecule has 1 nitrogen and oxygen atoms in total. The average Bonchev–Trinajstić information content (AvgIpc) is 2.25. The molecule has 0 bridgehead atoms. The Kier molecular flexibility index (Phi) is 4.60. The molecule has 0 aliphatic rings. The summed E-state index contributed by atoms with van der Waals surface area (Å²) in [7, 11) is 0. The highest BCUT2D eigenvalue weighted by Gasteiger charge is 2.10. The van der Waals surface area contributed by atoms with Crippen molar-refractivity contribution in [1.82, 2.24) is 0 Å². The molecule has 0 saturated heterocycles. The number of hydrogen-bond donors (Lipinski definition) is 0. The summed E-state index contributed by atoms with van der Waals surface area (Å²) in [6.45, 7) is 13.1. The van der Waals surface area contributed by atoms with Crippen LogP contribution in [-0.4, -0.2) is 6.61 Å². The molecule has 1 rings (SSSR count). The highest BCUT2D eigenvalue weighted by molar-refractivity contribution is 5.40. The molecule has 0 aliphatic carbocycles. The average molecular weight is 218 g/mol. The van der Waals surface area contributed by atoms with Gasteiger partial charge in [-0.2, -0.15) is 0 Å². The fourth-order valence-electron chi connectivity index (χ4n) is 1.66. The molecule has 0 aromatic heterocycles. The number of hydrogen-bond acceptors (Lipinski definition) is 1. The highest BCUT2D eigenvalue weighted by Crippen LogP contribution is 2.30. The Morgan fingerprint density at radius 2 is 1.88 bits per heavy atom. The fourth-order valence-corrected chi connectivity index (χ4v) is 1.66. The van der Waals surface area contributed by atoms with E-state index in [0.29, 0.717) is 18.4 Å². The van der Waals surface area contributed by atoms with Gasteiger partial charge in [-0.15, -0.1) is 0 Å². The maximum absolute atomic E-state index is 5.66. The molecule has 1 aromatic rings. The van der Waals surface area contributed by atoms with Gasteiger partial charge < -0.3 is 4.74 Å². The second-order valence-electron chi connectivity index (χ2n) is 4.71. The minimum Gasteiger partial charge on any atom is -0.489 e. The van der Waals surface area contributed by atoms with E-state index in [4.69, 9.17) is 4.74 Å². The van der Waals surface area contributed by atoms with Gasteiger partial charge >= 0.3 is 0 Å². The van der Waals surface area contributed by atoms with Crippen molar-refractivity contribution in [3.63, 3.8) is 0 Å². The third kappa shape index (κ3) is 3.13. The Labute approximate surface area is 99.1 Å². The van der Waals surface area contributed by atoms with E-state index in [1.807, 2.05) is 0 Å². The van der Waals surface area contributed by atoms with Gasteiger partial charge in [0, 0.05) is 0 Å². The van der Waals surface area contributed by atoms with Crippen molar-refractivity contribution in [2.45, 2.75) is 39.5 Å². The number of rotatable bonds is 5. The van der Waals surface area contributed by atoms with E-state index in [9.17, 15) is 0 Å². The minimum absolute atomic E-state index is 0.485. The number of benzene rings is 1. The van der Waals surface area contributed by atoms with E-state index in [1.165, 1.54) is 11.1 Å². The lowest BCUT2D eigenvalue weighted by Crippen LogP contribution is -2.00. The van der Waals surface area contributed by atoms with Crippen molar-refractivity contribution < 1.29 is 4.74 Å². The molecule has 0 spiro atoms. The van der Waals surface area contributed by atoms with Crippen molar-refractivity contribution in [2.24, 2.45) is 0 Å². The smallest absolute Gasteiger partial charge is 0.123 e. The van der Waals surface area contributed by atoms with Gasteiger partial charge in [-0.25, -0.2) is 0 Å². The molecule has 0 atom stereocenters. The predicted octanol–water partition coefficient (Wildman–Crippen LogP) is 4.50. The zero-order valence-electron chi connectivity index (χ0n) is 10.8. The van der Waals surface area contributed by atoms with E-state index >= 15 is 0 Å². The van der Waals surface area contributed by atoms with Crippen LogP contribution in [0.4, 0.5) is 0 Å². The highest BCUT2D eigenvalue weighted by atomic mass is 16.5. The fraction of sp³-hybridized carbons (Fsp3) is 0.467. The van der Waals surface area contributed by atoms with Gasteiger partial charge in [0.15, 0.2) is 0 Å². The van der Waals surface area contributed by atoms with E-state index in [-0.39, 0.29) is 0 Å². The van der Waals surface area contributed by atoms with Crippen LogP contribution in [0.2, 0.25) is 0 Å². The van der Waals surface area contributed by atoms with Gasteiger partial charge in [-0.1, -0.05) is 52.5 Å². The first-order valence-electron chi connectivity index (χ1n) is 5.93. The van der Waals surface area contributed by atoms with Gasteiger partial charge in [-0.05, 0) is 29.0 Å². The van der Waals surface area contributed by atoms with Crippen molar-refractivity contribution in [3.8, 4) is 5.75 Å². The van der Waals surface area contributed by atoms with Crippen molar-refractivity contribution in [2.75, 3.05) is 6.61 Å². The summed E-state index contributed by atoms with van der Waals surface area (Å²) in [5.41, 5.74) is 2.66. The van der Waals surface area contributed by atoms with E-state index in [1.54, 1.807) is 6.08 Å². The molecular weight excluding hydrogens is 196 g/mol. The van der Waals surface area contributed by atoms with Gasteiger partial charge in [0.25, 0.3) is 0 Å². The summed E-state index contributed by atoms with van der Waals surface area (Å²) in [6, 6.07) is 6.48. The Morgan fingerprint density at radius 1 is 1.19 bits per heavy atom. The summed E-state index contributed by atoms with van der Waals surface area (Å²) in [5.74, 6) is 2.03. The Balaban J connectivity index is 3.04. The van der Waals surface area contributed by atoms with Crippen LogP contribution >= 0.6 is 0 Å². The van der Waals surface area contributed by atoms with Gasteiger partial charge in [-0.3, -0.25) is 0 Å². The molecule has 1 aromatic carbocycles. The Hall–Kier alpha value is -1.24. The standard InChI is InChI=1S/C15H22O/c1-6-9-16-15-8-7-13(11(2)3)10-14(15)12(4)5/h6-8,10-12H,1,9H2,2-5H3. The lowest BCUT2D eigenvalue weighted by molar-refractivity contribution is 0.357. The Morgan fingerprint density at radius 3 is 2.38 bits per heavy atom. The first-order chi connectivity index (χ1) is 7.56. The maximum atomic E-state index is 5.66. The Bertz CT molecular complexity index is 350. The van der Waals surface area contributed by atoms with Crippen LogP contribution in [-0.2, 0) is 0 Å². The molecule has 0 fully saturated rings. The zero-order valence-corrected chi connectivity index (χ0v) is 10.8. The van der Waals surface area contributed by atoms with Crippen LogP contribution in [0.3, 0.4) is 0 Å². The molecule has 0 unspecified atom stereocenters. The largest absolute Gasteiger partial charge is 0.489 e. The lowest BCUT2D eigenvalue weighted by atomic mass is 9.95. The van der Waals surface area contributed by atoms with Crippen LogP contribution in [0.5, 0.6) is 5.75 Å². The normalized spacial score (nSPS) is 10.9. The molecule has 0 aliphatic heterocycles. The molecule has 16 heavy (non-hydrogen) atoms. The summed E-state index contributed by atoms with van der Waals surface area (Å²) < 4.78 is 5.66. The van der Waals surface area contributed by atoms with Gasteiger partial charge in [0.05, 0.1) is 0 Å². The van der Waals surface area contributed by atoms with Crippen LogP contribution in [0.15, 0.2) is 30.9 Å². The van der Waals surface area contributed by atoms with Crippen LogP contribution in [0.1, 0.15) is 50.7 Å². The first kappa shape index (κ1) is 12.8. The molecule has 1 heteroatoms. The van der Waals surface area contributed by atoms with Crippen LogP contribution < -0.4 is 4.74 Å². The van der Waals surface area contributed by atoms with Gasteiger partial charge in [0.1, 0.15) is 12.4 Å². The van der Waals surface area contributed by atoms with Crippen molar-refractivity contribution in [1.29, 1.82) is 0 Å². The second-order valence-corrected chi connectivity index (χ2v) is 4.71. The molecule has 0 radical (unpaired) electrons. The summed E-state index contributed by atoms with van der Waals surface area (Å²) in [5, 5.41) is 0. The summed E-state index contributed by atoms with van der Waals surface area (Å²) >= 11 is 0. The molecule has 0 heterocycles. The first-order valence-corrected chi connectivity index (χ1v) is 5.93. The van der Waals surface area contributed by atoms with Crippen LogP contribution in [0, 0.1) is 0 Å². The van der Waals surface area contributed by atoms with E-state index < -0.39 is 0 Å². The lowest BCUT2D eigenvalue weighted by Gasteiger charge is -2.16. The zero-order chi connectivity index (χ0) is 12.1. The number of ether oxygens (including phenoxy) is 1. The quantitative estimate of drug-likeness (QED) is 0.661. The van der Waals surface area contributed by atoms with Gasteiger partial charge in [0.2, 0.25) is 0 Å². The van der Waals surface area contributed by atoms with E-state index in [2.05, 4.69) is 52.5 Å². The monoisotopic (exact) mass is 218 g/mol. The SMILES string of the molecule is C=CCOc1ccc(C(C)C)cc1C(C)C. The predicted molar refractivity (Wildman–Crippen MR) is 70.3 cm³/mol.